The van der Waals surface area contributed by atoms with Gasteiger partial charge in [0.25, 0.3) is 0 Å². The summed E-state index contributed by atoms with van der Waals surface area (Å²) in [6, 6.07) is 7.86. The van der Waals surface area contributed by atoms with E-state index in [2.05, 4.69) is 25.1 Å². The van der Waals surface area contributed by atoms with Gasteiger partial charge in [0.2, 0.25) is 0 Å². The maximum atomic E-state index is 10.9. The minimum Gasteiger partial charge on any atom is -0.298 e. The molecule has 1 nitrogen and oxygen atoms in total. The minimum atomic E-state index is 0.0670. The number of carbonyl (C=O) groups is 1. The van der Waals surface area contributed by atoms with Crippen LogP contribution in [0.15, 0.2) is 36.4 Å². The second-order valence-corrected chi connectivity index (χ2v) is 4.06. The van der Waals surface area contributed by atoms with Gasteiger partial charge in [-0.25, -0.2) is 0 Å². The van der Waals surface area contributed by atoms with Crippen molar-refractivity contribution < 1.29 is 4.79 Å². The minimum absolute atomic E-state index is 0.0670. The molecule has 0 aromatic heterocycles. The molecule has 0 radical (unpaired) electrons. The summed E-state index contributed by atoms with van der Waals surface area (Å²) < 4.78 is 0. The molecule has 0 saturated carbocycles. The first-order valence-electron chi connectivity index (χ1n) is 4.99. The van der Waals surface area contributed by atoms with Gasteiger partial charge >= 0.3 is 0 Å². The molecule has 2 rings (SSSR count). The largest absolute Gasteiger partial charge is 0.298 e. The Bertz CT molecular complexity index is 379. The van der Waals surface area contributed by atoms with Gasteiger partial charge in [-0.05, 0) is 18.4 Å². The molecule has 1 aromatic rings. The average Bonchev–Trinajstić information content (AvgIpc) is 2.66. The third-order valence-electron chi connectivity index (χ3n) is 3.02. The first-order chi connectivity index (χ1) is 6.76. The van der Waals surface area contributed by atoms with Gasteiger partial charge in [-0.3, -0.25) is 4.79 Å². The fraction of sp³-hybridized carbons (Fsp3) is 0.308. The molecule has 0 heterocycles. The molecule has 0 fully saturated rings. The van der Waals surface area contributed by atoms with Crippen molar-refractivity contribution in [3.63, 3.8) is 0 Å². The lowest BCUT2D eigenvalue weighted by Crippen LogP contribution is -2.17. The van der Waals surface area contributed by atoms with Crippen molar-refractivity contribution in [3.8, 4) is 0 Å². The summed E-state index contributed by atoms with van der Waals surface area (Å²) in [6.07, 6.45) is 7.59. The molecule has 0 bridgehead atoms. The summed E-state index contributed by atoms with van der Waals surface area (Å²) in [5, 5.41) is 0. The van der Waals surface area contributed by atoms with Gasteiger partial charge < -0.3 is 0 Å². The van der Waals surface area contributed by atoms with Gasteiger partial charge in [0.05, 0.1) is 0 Å². The van der Waals surface area contributed by atoms with Gasteiger partial charge in [0, 0.05) is 11.0 Å². The second kappa shape index (κ2) is 3.41. The first-order valence-corrected chi connectivity index (χ1v) is 4.99. The van der Waals surface area contributed by atoms with Gasteiger partial charge in [0.1, 0.15) is 6.29 Å². The standard InChI is InChI=1S/C13H14O/c1-13(8-4-5-9-13)12-7-3-2-6-11(12)10-14/h2-4,6-8,10H,5,9H2,1H3. The summed E-state index contributed by atoms with van der Waals surface area (Å²) in [5.74, 6) is 0. The Balaban J connectivity index is 2.49. The molecule has 1 aliphatic carbocycles. The van der Waals surface area contributed by atoms with Gasteiger partial charge in [0.15, 0.2) is 0 Å². The number of aldehydes is 1. The number of carbonyl (C=O) groups excluding carboxylic acids is 1. The molecule has 72 valence electrons. The quantitative estimate of drug-likeness (QED) is 0.512. The van der Waals surface area contributed by atoms with Crippen molar-refractivity contribution in [2.45, 2.75) is 25.2 Å². The van der Waals surface area contributed by atoms with Crippen LogP contribution in [0.5, 0.6) is 0 Å². The summed E-state index contributed by atoms with van der Waals surface area (Å²) in [4.78, 5) is 10.9. The Morgan fingerprint density at radius 1 is 1.36 bits per heavy atom. The molecular formula is C13H14O. The zero-order valence-electron chi connectivity index (χ0n) is 8.36. The second-order valence-electron chi connectivity index (χ2n) is 4.06. The lowest BCUT2D eigenvalue weighted by atomic mass is 9.80. The Labute approximate surface area is 84.5 Å². The number of hydrogen-bond acceptors (Lipinski definition) is 1. The molecule has 0 spiro atoms. The van der Waals surface area contributed by atoms with E-state index in [0.717, 1.165) is 30.3 Å². The summed E-state index contributed by atoms with van der Waals surface area (Å²) in [7, 11) is 0. The summed E-state index contributed by atoms with van der Waals surface area (Å²) >= 11 is 0. The summed E-state index contributed by atoms with van der Waals surface area (Å²) in [5.41, 5.74) is 2.04. The zero-order valence-corrected chi connectivity index (χ0v) is 8.36. The smallest absolute Gasteiger partial charge is 0.150 e. The Morgan fingerprint density at radius 2 is 2.14 bits per heavy atom. The normalized spacial score (nSPS) is 25.2. The molecule has 1 atom stereocenters. The molecule has 1 heteroatoms. The van der Waals surface area contributed by atoms with Crippen LogP contribution in [0.4, 0.5) is 0 Å². The molecule has 1 aliphatic rings. The van der Waals surface area contributed by atoms with Crippen LogP contribution in [-0.4, -0.2) is 6.29 Å². The van der Waals surface area contributed by atoms with Crippen LogP contribution in [0.1, 0.15) is 35.7 Å². The highest BCUT2D eigenvalue weighted by atomic mass is 16.1. The van der Waals surface area contributed by atoms with E-state index in [-0.39, 0.29) is 5.41 Å². The lowest BCUT2D eigenvalue weighted by Gasteiger charge is -2.23. The Morgan fingerprint density at radius 3 is 2.79 bits per heavy atom. The first kappa shape index (κ1) is 9.20. The topological polar surface area (TPSA) is 17.1 Å². The fourth-order valence-corrected chi connectivity index (χ4v) is 2.15. The van der Waals surface area contributed by atoms with E-state index in [0.29, 0.717) is 0 Å². The number of hydrogen-bond donors (Lipinski definition) is 0. The molecule has 0 N–H and O–H groups in total. The maximum absolute atomic E-state index is 10.9. The van der Waals surface area contributed by atoms with Crippen LogP contribution < -0.4 is 0 Å². The zero-order chi connectivity index (χ0) is 10.0. The van der Waals surface area contributed by atoms with E-state index in [1.165, 1.54) is 0 Å². The number of allylic oxidation sites excluding steroid dienone is 2. The van der Waals surface area contributed by atoms with Crippen LogP contribution in [0.3, 0.4) is 0 Å². The third kappa shape index (κ3) is 1.39. The molecule has 0 aliphatic heterocycles. The highest BCUT2D eigenvalue weighted by Gasteiger charge is 2.27. The van der Waals surface area contributed by atoms with Crippen LogP contribution in [0, 0.1) is 0 Å². The number of benzene rings is 1. The average molecular weight is 186 g/mol. The van der Waals surface area contributed by atoms with E-state index in [1.54, 1.807) is 0 Å². The SMILES string of the molecule is CC1(c2ccccc2C=O)C=CCC1. The highest BCUT2D eigenvalue weighted by molar-refractivity contribution is 5.78. The predicted molar refractivity (Wildman–Crippen MR) is 57.6 cm³/mol. The molecule has 14 heavy (non-hydrogen) atoms. The van der Waals surface area contributed by atoms with Crippen LogP contribution in [0.25, 0.3) is 0 Å². The van der Waals surface area contributed by atoms with Crippen LogP contribution in [0.2, 0.25) is 0 Å². The van der Waals surface area contributed by atoms with E-state index in [4.69, 9.17) is 0 Å². The van der Waals surface area contributed by atoms with Gasteiger partial charge in [-0.2, -0.15) is 0 Å². The Kier molecular flexibility index (Phi) is 2.24. The molecular weight excluding hydrogens is 172 g/mol. The monoisotopic (exact) mass is 186 g/mol. The summed E-state index contributed by atoms with van der Waals surface area (Å²) in [6.45, 7) is 2.19. The Hall–Kier alpha value is -1.37. The van der Waals surface area contributed by atoms with Crippen molar-refractivity contribution in [3.05, 3.63) is 47.5 Å². The van der Waals surface area contributed by atoms with E-state index < -0.39 is 0 Å². The van der Waals surface area contributed by atoms with E-state index >= 15 is 0 Å². The van der Waals surface area contributed by atoms with E-state index in [9.17, 15) is 4.79 Å². The number of rotatable bonds is 2. The van der Waals surface area contributed by atoms with E-state index in [1.807, 2.05) is 18.2 Å². The van der Waals surface area contributed by atoms with Crippen molar-refractivity contribution >= 4 is 6.29 Å². The van der Waals surface area contributed by atoms with Crippen molar-refractivity contribution in [1.29, 1.82) is 0 Å². The molecule has 1 aromatic carbocycles. The maximum Gasteiger partial charge on any atom is 0.150 e. The fourth-order valence-electron chi connectivity index (χ4n) is 2.15. The van der Waals surface area contributed by atoms with Gasteiger partial charge in [-0.1, -0.05) is 43.3 Å². The van der Waals surface area contributed by atoms with Crippen LogP contribution in [-0.2, 0) is 5.41 Å². The highest BCUT2D eigenvalue weighted by Crippen LogP contribution is 2.36. The predicted octanol–water partition coefficient (Wildman–Crippen LogP) is 3.11. The molecule has 1 unspecified atom stereocenters. The third-order valence-corrected chi connectivity index (χ3v) is 3.02. The van der Waals surface area contributed by atoms with Crippen molar-refractivity contribution in [1.82, 2.24) is 0 Å². The van der Waals surface area contributed by atoms with Crippen LogP contribution >= 0.6 is 0 Å². The van der Waals surface area contributed by atoms with Gasteiger partial charge in [-0.15, -0.1) is 0 Å². The van der Waals surface area contributed by atoms with Crippen molar-refractivity contribution in [2.24, 2.45) is 0 Å². The molecule has 0 amide bonds. The lowest BCUT2D eigenvalue weighted by molar-refractivity contribution is 0.112. The van der Waals surface area contributed by atoms with Crippen molar-refractivity contribution in [2.75, 3.05) is 0 Å². The molecule has 0 saturated heterocycles.